The van der Waals surface area contributed by atoms with Crippen molar-refractivity contribution in [2.24, 2.45) is 0 Å². The van der Waals surface area contributed by atoms with Crippen LogP contribution < -0.4 is 0 Å². The van der Waals surface area contributed by atoms with E-state index in [1.165, 1.54) is 12.1 Å². The first-order valence-electron chi connectivity index (χ1n) is 4.16. The van der Waals surface area contributed by atoms with Gasteiger partial charge in [-0.1, -0.05) is 0 Å². The molecule has 0 saturated heterocycles. The van der Waals surface area contributed by atoms with Crippen LogP contribution in [0.5, 0.6) is 0 Å². The van der Waals surface area contributed by atoms with Gasteiger partial charge in [-0.2, -0.15) is 0 Å². The summed E-state index contributed by atoms with van der Waals surface area (Å²) in [6.45, 7) is 1.74. The molecule has 2 aromatic rings. The third kappa shape index (κ3) is 1.80. The van der Waals surface area contributed by atoms with Crippen LogP contribution in [-0.2, 0) is 0 Å². The number of benzene rings is 1. The molecule has 0 radical (unpaired) electrons. The Bertz CT molecular complexity index is 556. The van der Waals surface area contributed by atoms with Crippen LogP contribution in [0.3, 0.4) is 0 Å². The van der Waals surface area contributed by atoms with E-state index in [1.807, 2.05) is 0 Å². The second-order valence-corrected chi connectivity index (χ2v) is 3.77. The fourth-order valence-corrected chi connectivity index (χ4v) is 1.89. The molecule has 0 spiro atoms. The van der Waals surface area contributed by atoms with E-state index in [1.54, 1.807) is 13.0 Å². The highest BCUT2D eigenvalue weighted by Gasteiger charge is 2.09. The Morgan fingerprint density at radius 3 is 2.80 bits per heavy atom. The molecule has 0 atom stereocenters. The topological polar surface area (TPSA) is 68.9 Å². The number of halogens is 1. The van der Waals surface area contributed by atoms with E-state index in [2.05, 4.69) is 25.9 Å². The van der Waals surface area contributed by atoms with Crippen molar-refractivity contribution in [2.45, 2.75) is 6.92 Å². The molecule has 15 heavy (non-hydrogen) atoms. The molecular weight excluding hydrogens is 262 g/mol. The first kappa shape index (κ1) is 9.97. The van der Waals surface area contributed by atoms with Crippen molar-refractivity contribution in [2.75, 3.05) is 0 Å². The predicted octanol–water partition coefficient (Wildman–Crippen LogP) is 2.61. The normalized spacial score (nSPS) is 10.5. The Labute approximate surface area is 93.4 Å². The van der Waals surface area contributed by atoms with E-state index >= 15 is 0 Å². The van der Waals surface area contributed by atoms with Crippen LogP contribution >= 0.6 is 15.9 Å². The number of aromatic nitrogens is 2. The number of nitro groups is 1. The van der Waals surface area contributed by atoms with Crippen molar-refractivity contribution in [3.8, 4) is 0 Å². The highest BCUT2D eigenvalue weighted by Crippen LogP contribution is 2.24. The van der Waals surface area contributed by atoms with Crippen molar-refractivity contribution in [3.63, 3.8) is 0 Å². The molecular formula is C9H6BrN3O2. The molecule has 1 heterocycles. The fraction of sp³-hybridized carbons (Fsp3) is 0.111. The predicted molar refractivity (Wildman–Crippen MR) is 58.6 cm³/mol. The Balaban J connectivity index is 2.76. The number of nitrogens with zero attached hydrogens (tertiary/aromatic N) is 3. The lowest BCUT2D eigenvalue weighted by Crippen LogP contribution is -1.93. The van der Waals surface area contributed by atoms with E-state index < -0.39 is 4.92 Å². The van der Waals surface area contributed by atoms with Gasteiger partial charge < -0.3 is 0 Å². The van der Waals surface area contributed by atoms with Gasteiger partial charge in [0.25, 0.3) is 5.69 Å². The molecule has 76 valence electrons. The number of nitro benzene ring substituents is 1. The first-order chi connectivity index (χ1) is 7.08. The zero-order valence-corrected chi connectivity index (χ0v) is 9.35. The molecule has 0 aliphatic heterocycles. The molecule has 5 nitrogen and oxygen atoms in total. The van der Waals surface area contributed by atoms with E-state index in [4.69, 9.17) is 0 Å². The number of rotatable bonds is 1. The Hall–Kier alpha value is -1.56. The molecule has 0 N–H and O–H groups in total. The van der Waals surface area contributed by atoms with Gasteiger partial charge in [0.2, 0.25) is 0 Å². The highest BCUT2D eigenvalue weighted by molar-refractivity contribution is 9.10. The van der Waals surface area contributed by atoms with Crippen molar-refractivity contribution in [3.05, 3.63) is 38.7 Å². The van der Waals surface area contributed by atoms with Gasteiger partial charge in [-0.05, 0) is 28.9 Å². The minimum Gasteiger partial charge on any atom is -0.258 e. The first-order valence-corrected chi connectivity index (χ1v) is 4.95. The Morgan fingerprint density at radius 2 is 2.13 bits per heavy atom. The zero-order chi connectivity index (χ0) is 11.0. The van der Waals surface area contributed by atoms with Crippen LogP contribution in [0.25, 0.3) is 10.9 Å². The summed E-state index contributed by atoms with van der Waals surface area (Å²) >= 11 is 3.29. The standard InChI is InChI=1S/C9H6BrN3O2/c1-5-11-8-4-6(13(14)15)2-3-7(8)9(10)12-5/h2-4H,1H3. The summed E-state index contributed by atoms with van der Waals surface area (Å²) in [5, 5.41) is 11.3. The Morgan fingerprint density at radius 1 is 1.40 bits per heavy atom. The van der Waals surface area contributed by atoms with Gasteiger partial charge in [0.05, 0.1) is 10.4 Å². The van der Waals surface area contributed by atoms with Gasteiger partial charge in [0.15, 0.2) is 0 Å². The average Bonchev–Trinajstić information content (AvgIpc) is 2.16. The van der Waals surface area contributed by atoms with Gasteiger partial charge in [0, 0.05) is 17.5 Å². The molecule has 1 aromatic heterocycles. The van der Waals surface area contributed by atoms with E-state index in [0.717, 1.165) is 5.39 Å². The lowest BCUT2D eigenvalue weighted by Gasteiger charge is -2.00. The minimum atomic E-state index is -0.440. The maximum Gasteiger partial charge on any atom is 0.271 e. The quantitative estimate of drug-likeness (QED) is 0.453. The van der Waals surface area contributed by atoms with Crippen LogP contribution in [0.1, 0.15) is 5.82 Å². The van der Waals surface area contributed by atoms with Gasteiger partial charge in [-0.3, -0.25) is 10.1 Å². The molecule has 0 amide bonds. The fourth-order valence-electron chi connectivity index (χ4n) is 1.30. The second kappa shape index (κ2) is 3.54. The molecule has 0 saturated carbocycles. The summed E-state index contributed by atoms with van der Waals surface area (Å²) in [5.41, 5.74) is 0.607. The van der Waals surface area contributed by atoms with Gasteiger partial charge >= 0.3 is 0 Å². The second-order valence-electron chi connectivity index (χ2n) is 3.02. The summed E-state index contributed by atoms with van der Waals surface area (Å²) in [4.78, 5) is 18.4. The van der Waals surface area contributed by atoms with Gasteiger partial charge in [-0.15, -0.1) is 0 Å². The van der Waals surface area contributed by atoms with Gasteiger partial charge in [0.1, 0.15) is 10.4 Å². The molecule has 0 aliphatic rings. The third-order valence-electron chi connectivity index (χ3n) is 1.96. The van der Waals surface area contributed by atoms with Crippen LogP contribution in [0.15, 0.2) is 22.8 Å². The van der Waals surface area contributed by atoms with E-state index in [0.29, 0.717) is 15.9 Å². The molecule has 0 unspecified atom stereocenters. The molecule has 0 fully saturated rings. The molecule has 2 rings (SSSR count). The average molecular weight is 268 g/mol. The van der Waals surface area contributed by atoms with Crippen molar-refractivity contribution in [1.29, 1.82) is 0 Å². The summed E-state index contributed by atoms with van der Waals surface area (Å²) in [7, 11) is 0. The molecule has 1 aromatic carbocycles. The molecule has 6 heteroatoms. The van der Waals surface area contributed by atoms with Crippen LogP contribution in [0.4, 0.5) is 5.69 Å². The number of hydrogen-bond acceptors (Lipinski definition) is 4. The number of non-ortho nitro benzene ring substituents is 1. The van der Waals surface area contributed by atoms with Crippen molar-refractivity contribution in [1.82, 2.24) is 9.97 Å². The summed E-state index contributed by atoms with van der Waals surface area (Å²) in [6, 6.07) is 4.51. The number of hydrogen-bond donors (Lipinski definition) is 0. The van der Waals surface area contributed by atoms with Crippen LogP contribution in [-0.4, -0.2) is 14.9 Å². The summed E-state index contributed by atoms with van der Waals surface area (Å²) in [6.07, 6.45) is 0. The smallest absolute Gasteiger partial charge is 0.258 e. The largest absolute Gasteiger partial charge is 0.271 e. The maximum absolute atomic E-state index is 10.6. The Kier molecular flexibility index (Phi) is 2.36. The third-order valence-corrected chi connectivity index (χ3v) is 2.56. The monoisotopic (exact) mass is 267 g/mol. The van der Waals surface area contributed by atoms with Gasteiger partial charge in [-0.25, -0.2) is 9.97 Å². The number of fused-ring (bicyclic) bond motifs is 1. The summed E-state index contributed by atoms with van der Waals surface area (Å²) < 4.78 is 0.653. The lowest BCUT2D eigenvalue weighted by atomic mass is 10.2. The van der Waals surface area contributed by atoms with Crippen molar-refractivity contribution < 1.29 is 4.92 Å². The van der Waals surface area contributed by atoms with E-state index in [-0.39, 0.29) is 5.69 Å². The van der Waals surface area contributed by atoms with Crippen molar-refractivity contribution >= 4 is 32.5 Å². The number of aryl methyl sites for hydroxylation is 1. The highest BCUT2D eigenvalue weighted by atomic mass is 79.9. The summed E-state index contributed by atoms with van der Waals surface area (Å²) in [5.74, 6) is 0.579. The van der Waals surface area contributed by atoms with Crippen LogP contribution in [0, 0.1) is 17.0 Å². The maximum atomic E-state index is 10.6. The molecule has 0 bridgehead atoms. The van der Waals surface area contributed by atoms with Crippen LogP contribution in [0.2, 0.25) is 0 Å². The van der Waals surface area contributed by atoms with E-state index in [9.17, 15) is 10.1 Å². The SMILES string of the molecule is Cc1nc(Br)c2ccc([N+](=O)[O-])cc2n1. The zero-order valence-electron chi connectivity index (χ0n) is 7.77. The minimum absolute atomic E-state index is 0.0347. The lowest BCUT2D eigenvalue weighted by molar-refractivity contribution is -0.384. The molecule has 0 aliphatic carbocycles.